The van der Waals surface area contributed by atoms with E-state index in [4.69, 9.17) is 44.3 Å². The molecular formula is C22H20Cl3NO2. The van der Waals surface area contributed by atoms with Crippen molar-refractivity contribution in [3.05, 3.63) is 86.9 Å². The van der Waals surface area contributed by atoms with Gasteiger partial charge in [-0.25, -0.2) is 0 Å². The quantitative estimate of drug-likeness (QED) is 0.404. The van der Waals surface area contributed by atoms with Gasteiger partial charge in [-0.3, -0.25) is 0 Å². The Balaban J connectivity index is 1.70. The van der Waals surface area contributed by atoms with E-state index < -0.39 is 0 Å². The Bertz CT molecular complexity index is 927. The van der Waals surface area contributed by atoms with Crippen molar-refractivity contribution in [2.45, 2.75) is 20.1 Å². The molecule has 0 atom stereocenters. The number of hydrogen-bond donors (Lipinski definition) is 1. The first kappa shape index (κ1) is 20.7. The summed E-state index contributed by atoms with van der Waals surface area (Å²) in [5.41, 5.74) is 2.83. The summed E-state index contributed by atoms with van der Waals surface area (Å²) in [6, 6.07) is 18.8. The molecule has 3 aromatic carbocycles. The third-order valence-electron chi connectivity index (χ3n) is 4.01. The van der Waals surface area contributed by atoms with Crippen LogP contribution in [0, 0.1) is 0 Å². The first-order chi connectivity index (χ1) is 13.5. The Morgan fingerprint density at radius 1 is 0.821 bits per heavy atom. The smallest absolute Gasteiger partial charge is 0.161 e. The third kappa shape index (κ3) is 5.71. The molecule has 0 aliphatic rings. The SMILES string of the molecule is CCOc1cc(CNc2cc(Cl)cc(Cl)c2)ccc1OCc1ccccc1Cl. The minimum absolute atomic E-state index is 0.373. The van der Waals surface area contributed by atoms with Gasteiger partial charge in [-0.2, -0.15) is 0 Å². The van der Waals surface area contributed by atoms with Crippen LogP contribution >= 0.6 is 34.8 Å². The molecule has 0 aromatic heterocycles. The van der Waals surface area contributed by atoms with E-state index in [1.807, 2.05) is 61.5 Å². The zero-order valence-electron chi connectivity index (χ0n) is 15.3. The average Bonchev–Trinajstić information content (AvgIpc) is 2.66. The predicted molar refractivity (Wildman–Crippen MR) is 117 cm³/mol. The second kappa shape index (κ2) is 9.92. The molecule has 1 N–H and O–H groups in total. The molecule has 28 heavy (non-hydrogen) atoms. The van der Waals surface area contributed by atoms with Crippen molar-refractivity contribution in [3.63, 3.8) is 0 Å². The number of halogens is 3. The number of hydrogen-bond acceptors (Lipinski definition) is 3. The highest BCUT2D eigenvalue weighted by molar-refractivity contribution is 6.35. The minimum Gasteiger partial charge on any atom is -0.490 e. The molecule has 0 amide bonds. The standard InChI is InChI=1S/C22H20Cl3NO2/c1-2-27-22-9-15(13-26-19-11-17(23)10-18(24)12-19)7-8-21(22)28-14-16-5-3-4-6-20(16)25/h3-12,26H,2,13-14H2,1H3. The Morgan fingerprint density at radius 2 is 1.57 bits per heavy atom. The zero-order chi connectivity index (χ0) is 19.9. The van der Waals surface area contributed by atoms with Crippen LogP contribution in [0.25, 0.3) is 0 Å². The van der Waals surface area contributed by atoms with Gasteiger partial charge in [0.05, 0.1) is 6.61 Å². The Labute approximate surface area is 180 Å². The molecule has 0 fully saturated rings. The van der Waals surface area contributed by atoms with Crippen LogP contribution in [0.5, 0.6) is 11.5 Å². The third-order valence-corrected chi connectivity index (χ3v) is 4.81. The van der Waals surface area contributed by atoms with Gasteiger partial charge in [-0.05, 0) is 48.9 Å². The first-order valence-corrected chi connectivity index (χ1v) is 10.0. The number of nitrogens with one attached hydrogen (secondary N) is 1. The maximum atomic E-state index is 6.20. The second-order valence-electron chi connectivity index (χ2n) is 6.11. The maximum absolute atomic E-state index is 6.20. The van der Waals surface area contributed by atoms with Gasteiger partial charge in [0.2, 0.25) is 0 Å². The fraction of sp³-hybridized carbons (Fsp3) is 0.182. The highest BCUT2D eigenvalue weighted by Crippen LogP contribution is 2.31. The largest absolute Gasteiger partial charge is 0.490 e. The molecule has 0 aliphatic heterocycles. The molecule has 0 radical (unpaired) electrons. The van der Waals surface area contributed by atoms with Gasteiger partial charge in [0.25, 0.3) is 0 Å². The summed E-state index contributed by atoms with van der Waals surface area (Å²) in [6.07, 6.45) is 0. The van der Waals surface area contributed by atoms with E-state index in [9.17, 15) is 0 Å². The monoisotopic (exact) mass is 435 g/mol. The summed E-state index contributed by atoms with van der Waals surface area (Å²) in [7, 11) is 0. The number of ether oxygens (including phenoxy) is 2. The van der Waals surface area contributed by atoms with Gasteiger partial charge in [0.1, 0.15) is 6.61 Å². The van der Waals surface area contributed by atoms with Crippen molar-refractivity contribution in [1.29, 1.82) is 0 Å². The molecule has 146 valence electrons. The molecule has 0 saturated heterocycles. The van der Waals surface area contributed by atoms with Gasteiger partial charge in [-0.1, -0.05) is 59.1 Å². The van der Waals surface area contributed by atoms with Crippen LogP contribution in [0.3, 0.4) is 0 Å². The van der Waals surface area contributed by atoms with E-state index in [0.717, 1.165) is 16.8 Å². The minimum atomic E-state index is 0.373. The average molecular weight is 437 g/mol. The lowest BCUT2D eigenvalue weighted by Crippen LogP contribution is -2.03. The van der Waals surface area contributed by atoms with Crippen molar-refractivity contribution in [1.82, 2.24) is 0 Å². The molecule has 0 aliphatic carbocycles. The van der Waals surface area contributed by atoms with Crippen molar-refractivity contribution in [2.24, 2.45) is 0 Å². The fourth-order valence-corrected chi connectivity index (χ4v) is 3.40. The topological polar surface area (TPSA) is 30.5 Å². The van der Waals surface area contributed by atoms with Crippen LogP contribution in [0.2, 0.25) is 15.1 Å². The molecule has 6 heteroatoms. The van der Waals surface area contributed by atoms with E-state index in [0.29, 0.717) is 46.3 Å². The summed E-state index contributed by atoms with van der Waals surface area (Å²) in [5, 5.41) is 5.18. The van der Waals surface area contributed by atoms with Gasteiger partial charge in [0, 0.05) is 32.9 Å². The fourth-order valence-electron chi connectivity index (χ4n) is 2.68. The van der Waals surface area contributed by atoms with Gasteiger partial charge >= 0.3 is 0 Å². The first-order valence-electron chi connectivity index (χ1n) is 8.87. The van der Waals surface area contributed by atoms with Crippen LogP contribution in [0.15, 0.2) is 60.7 Å². The summed E-state index contributed by atoms with van der Waals surface area (Å²) >= 11 is 18.3. The molecular weight excluding hydrogens is 417 g/mol. The van der Waals surface area contributed by atoms with E-state index in [1.165, 1.54) is 0 Å². The molecule has 0 spiro atoms. The summed E-state index contributed by atoms with van der Waals surface area (Å²) in [6.45, 7) is 3.46. The van der Waals surface area contributed by atoms with Crippen molar-refractivity contribution in [2.75, 3.05) is 11.9 Å². The van der Waals surface area contributed by atoms with Crippen molar-refractivity contribution >= 4 is 40.5 Å². The summed E-state index contributed by atoms with van der Waals surface area (Å²) in [4.78, 5) is 0. The summed E-state index contributed by atoms with van der Waals surface area (Å²) in [5.74, 6) is 1.37. The van der Waals surface area contributed by atoms with Gasteiger partial charge < -0.3 is 14.8 Å². The molecule has 3 rings (SSSR count). The molecule has 0 heterocycles. The zero-order valence-corrected chi connectivity index (χ0v) is 17.6. The van der Waals surface area contributed by atoms with Crippen LogP contribution in [0.1, 0.15) is 18.1 Å². The lowest BCUT2D eigenvalue weighted by molar-refractivity contribution is 0.269. The lowest BCUT2D eigenvalue weighted by Gasteiger charge is -2.15. The van der Waals surface area contributed by atoms with Crippen LogP contribution in [-0.2, 0) is 13.2 Å². The maximum Gasteiger partial charge on any atom is 0.161 e. The van der Waals surface area contributed by atoms with Crippen LogP contribution in [-0.4, -0.2) is 6.61 Å². The predicted octanol–water partition coefficient (Wildman–Crippen LogP) is 7.24. The molecule has 0 saturated carbocycles. The van der Waals surface area contributed by atoms with Gasteiger partial charge in [0.15, 0.2) is 11.5 Å². The molecule has 0 bridgehead atoms. The van der Waals surface area contributed by atoms with E-state index in [-0.39, 0.29) is 0 Å². The van der Waals surface area contributed by atoms with E-state index in [2.05, 4.69) is 5.32 Å². The molecule has 3 nitrogen and oxygen atoms in total. The van der Waals surface area contributed by atoms with Crippen LogP contribution < -0.4 is 14.8 Å². The molecule has 0 unspecified atom stereocenters. The Kier molecular flexibility index (Phi) is 7.32. The lowest BCUT2D eigenvalue weighted by atomic mass is 10.2. The second-order valence-corrected chi connectivity index (χ2v) is 7.39. The molecule has 3 aromatic rings. The van der Waals surface area contributed by atoms with E-state index >= 15 is 0 Å². The van der Waals surface area contributed by atoms with Gasteiger partial charge in [-0.15, -0.1) is 0 Å². The van der Waals surface area contributed by atoms with Crippen molar-refractivity contribution < 1.29 is 9.47 Å². The number of benzene rings is 3. The normalized spacial score (nSPS) is 10.6. The van der Waals surface area contributed by atoms with Crippen molar-refractivity contribution in [3.8, 4) is 11.5 Å². The Hall–Kier alpha value is -2.07. The van der Waals surface area contributed by atoms with E-state index in [1.54, 1.807) is 6.07 Å². The van der Waals surface area contributed by atoms with Crippen LogP contribution in [0.4, 0.5) is 5.69 Å². The summed E-state index contributed by atoms with van der Waals surface area (Å²) < 4.78 is 11.7. The number of rotatable bonds is 8. The number of anilines is 1. The highest BCUT2D eigenvalue weighted by atomic mass is 35.5. The highest BCUT2D eigenvalue weighted by Gasteiger charge is 2.09. The Morgan fingerprint density at radius 3 is 2.29 bits per heavy atom.